The minimum Gasteiger partial charge on any atom is -0.339 e. The quantitative estimate of drug-likeness (QED) is 0.818. The Labute approximate surface area is 97.3 Å². The van der Waals surface area contributed by atoms with E-state index in [1.165, 1.54) is 11.8 Å². The lowest BCUT2D eigenvalue weighted by Crippen LogP contribution is -2.04. The zero-order chi connectivity index (χ0) is 11.5. The molecule has 1 atom stereocenters. The van der Waals surface area contributed by atoms with Crippen LogP contribution in [0.3, 0.4) is 0 Å². The van der Waals surface area contributed by atoms with Gasteiger partial charge in [0.05, 0.1) is 5.92 Å². The maximum atomic E-state index is 11.1. The number of Topliss-reactive ketones (excluding diaryl/α,β-unsaturated/α-hetero) is 1. The molecule has 1 unspecified atom stereocenters. The van der Waals surface area contributed by atoms with Crippen molar-refractivity contribution >= 4 is 17.1 Å². The van der Waals surface area contributed by atoms with Crippen LogP contribution in [-0.2, 0) is 11.2 Å². The van der Waals surface area contributed by atoms with Gasteiger partial charge in [-0.05, 0) is 25.3 Å². The van der Waals surface area contributed by atoms with Gasteiger partial charge in [-0.25, -0.2) is 0 Å². The molecule has 0 aliphatic heterocycles. The van der Waals surface area contributed by atoms with Crippen molar-refractivity contribution < 1.29 is 9.32 Å². The van der Waals surface area contributed by atoms with Gasteiger partial charge in [-0.1, -0.05) is 11.2 Å². The molecular weight excluding hydrogens is 224 g/mol. The van der Waals surface area contributed by atoms with E-state index >= 15 is 0 Å². The van der Waals surface area contributed by atoms with E-state index < -0.39 is 0 Å². The highest BCUT2D eigenvalue weighted by molar-refractivity contribution is 7.09. The van der Waals surface area contributed by atoms with E-state index in [2.05, 4.69) is 10.1 Å². The SMILES string of the molecule is CC(=O)C(C)c1nc(Cc2cccs2)no1. The van der Waals surface area contributed by atoms with Crippen molar-refractivity contribution in [3.05, 3.63) is 34.1 Å². The number of rotatable bonds is 4. The van der Waals surface area contributed by atoms with Crippen LogP contribution in [0.5, 0.6) is 0 Å². The average Bonchev–Trinajstić information content (AvgIpc) is 2.88. The van der Waals surface area contributed by atoms with Crippen molar-refractivity contribution in [2.45, 2.75) is 26.2 Å². The van der Waals surface area contributed by atoms with Crippen molar-refractivity contribution in [3.63, 3.8) is 0 Å². The molecular formula is C11H12N2O2S. The van der Waals surface area contributed by atoms with E-state index in [1.54, 1.807) is 18.3 Å². The molecule has 0 aromatic carbocycles. The molecule has 0 N–H and O–H groups in total. The van der Waals surface area contributed by atoms with Gasteiger partial charge < -0.3 is 4.52 Å². The molecule has 0 saturated carbocycles. The second-order valence-electron chi connectivity index (χ2n) is 3.64. The first kappa shape index (κ1) is 11.0. The van der Waals surface area contributed by atoms with E-state index in [4.69, 9.17) is 4.52 Å². The lowest BCUT2D eigenvalue weighted by molar-refractivity contribution is -0.118. The first-order valence-corrected chi connectivity index (χ1v) is 5.90. The predicted octanol–water partition coefficient (Wildman–Crippen LogP) is 2.41. The number of aromatic nitrogens is 2. The summed E-state index contributed by atoms with van der Waals surface area (Å²) in [6, 6.07) is 4.01. The molecule has 0 saturated heterocycles. The zero-order valence-corrected chi connectivity index (χ0v) is 9.95. The van der Waals surface area contributed by atoms with E-state index in [9.17, 15) is 4.79 Å². The lowest BCUT2D eigenvalue weighted by Gasteiger charge is -1.97. The van der Waals surface area contributed by atoms with Gasteiger partial charge in [-0.3, -0.25) is 4.79 Å². The molecule has 4 nitrogen and oxygen atoms in total. The summed E-state index contributed by atoms with van der Waals surface area (Å²) in [4.78, 5) is 16.5. The Bertz CT molecular complexity index is 476. The predicted molar refractivity (Wildman–Crippen MR) is 60.5 cm³/mol. The summed E-state index contributed by atoms with van der Waals surface area (Å²) in [6.07, 6.45) is 0.659. The summed E-state index contributed by atoms with van der Waals surface area (Å²) in [5.41, 5.74) is 0. The number of carbonyl (C=O) groups excluding carboxylic acids is 1. The minimum atomic E-state index is -0.315. The number of carbonyl (C=O) groups is 1. The third kappa shape index (κ3) is 2.36. The van der Waals surface area contributed by atoms with Gasteiger partial charge in [0.2, 0.25) is 5.89 Å². The molecule has 0 bridgehead atoms. The van der Waals surface area contributed by atoms with E-state index in [-0.39, 0.29) is 11.7 Å². The Morgan fingerprint density at radius 3 is 3.06 bits per heavy atom. The largest absolute Gasteiger partial charge is 0.339 e. The van der Waals surface area contributed by atoms with Gasteiger partial charge in [0.15, 0.2) is 5.82 Å². The second kappa shape index (κ2) is 4.57. The fourth-order valence-corrected chi connectivity index (χ4v) is 1.96. The second-order valence-corrected chi connectivity index (χ2v) is 4.67. The fraction of sp³-hybridized carbons (Fsp3) is 0.364. The third-order valence-electron chi connectivity index (χ3n) is 2.38. The van der Waals surface area contributed by atoms with Gasteiger partial charge in [0, 0.05) is 11.3 Å². The number of nitrogens with zero attached hydrogens (tertiary/aromatic N) is 2. The van der Waals surface area contributed by atoms with Gasteiger partial charge >= 0.3 is 0 Å². The summed E-state index contributed by atoms with van der Waals surface area (Å²) in [5, 5.41) is 5.87. The molecule has 2 aromatic heterocycles. The summed E-state index contributed by atoms with van der Waals surface area (Å²) in [5.74, 6) is 0.750. The van der Waals surface area contributed by atoms with Gasteiger partial charge in [-0.2, -0.15) is 4.98 Å². The molecule has 0 spiro atoms. The first-order chi connectivity index (χ1) is 7.66. The third-order valence-corrected chi connectivity index (χ3v) is 3.25. The van der Waals surface area contributed by atoms with Crippen molar-refractivity contribution in [2.24, 2.45) is 0 Å². The van der Waals surface area contributed by atoms with Crippen LogP contribution in [0.2, 0.25) is 0 Å². The van der Waals surface area contributed by atoms with Crippen LogP contribution < -0.4 is 0 Å². The molecule has 84 valence electrons. The number of hydrogen-bond donors (Lipinski definition) is 0. The Morgan fingerprint density at radius 1 is 1.62 bits per heavy atom. The van der Waals surface area contributed by atoms with Crippen LogP contribution in [0.4, 0.5) is 0 Å². The normalized spacial score (nSPS) is 12.6. The number of ketones is 1. The molecule has 2 heterocycles. The maximum Gasteiger partial charge on any atom is 0.236 e. The summed E-state index contributed by atoms with van der Waals surface area (Å²) in [6.45, 7) is 3.29. The summed E-state index contributed by atoms with van der Waals surface area (Å²) in [7, 11) is 0. The number of thiophene rings is 1. The van der Waals surface area contributed by atoms with Gasteiger partial charge in [-0.15, -0.1) is 11.3 Å². The van der Waals surface area contributed by atoms with Crippen molar-refractivity contribution in [2.75, 3.05) is 0 Å². The molecule has 0 aliphatic carbocycles. The monoisotopic (exact) mass is 236 g/mol. The standard InChI is InChI=1S/C11H12N2O2S/c1-7(8(2)14)11-12-10(13-15-11)6-9-4-3-5-16-9/h3-5,7H,6H2,1-2H3. The van der Waals surface area contributed by atoms with Crippen LogP contribution >= 0.6 is 11.3 Å². The topological polar surface area (TPSA) is 56.0 Å². The Kier molecular flexibility index (Phi) is 3.14. The van der Waals surface area contributed by atoms with Crippen LogP contribution in [0.25, 0.3) is 0 Å². The molecule has 2 rings (SSSR count). The molecule has 0 fully saturated rings. The molecule has 5 heteroatoms. The van der Waals surface area contributed by atoms with Gasteiger partial charge in [0.1, 0.15) is 5.78 Å². The van der Waals surface area contributed by atoms with E-state index in [1.807, 2.05) is 17.5 Å². The highest BCUT2D eigenvalue weighted by Crippen LogP contribution is 2.17. The Balaban J connectivity index is 2.11. The van der Waals surface area contributed by atoms with E-state index in [0.29, 0.717) is 18.1 Å². The fourth-order valence-electron chi connectivity index (χ4n) is 1.26. The van der Waals surface area contributed by atoms with Gasteiger partial charge in [0.25, 0.3) is 0 Å². The lowest BCUT2D eigenvalue weighted by atomic mass is 10.1. The highest BCUT2D eigenvalue weighted by Gasteiger charge is 2.18. The van der Waals surface area contributed by atoms with Crippen molar-refractivity contribution in [1.29, 1.82) is 0 Å². The molecule has 0 amide bonds. The van der Waals surface area contributed by atoms with Crippen LogP contribution in [-0.4, -0.2) is 15.9 Å². The zero-order valence-electron chi connectivity index (χ0n) is 9.14. The molecule has 2 aromatic rings. The minimum absolute atomic E-state index is 0.0336. The number of hydrogen-bond acceptors (Lipinski definition) is 5. The van der Waals surface area contributed by atoms with Crippen molar-refractivity contribution in [1.82, 2.24) is 10.1 Å². The Morgan fingerprint density at radius 2 is 2.44 bits per heavy atom. The smallest absolute Gasteiger partial charge is 0.236 e. The van der Waals surface area contributed by atoms with Crippen LogP contribution in [0.1, 0.15) is 36.4 Å². The van der Waals surface area contributed by atoms with Crippen LogP contribution in [0.15, 0.2) is 22.0 Å². The molecule has 0 radical (unpaired) electrons. The first-order valence-electron chi connectivity index (χ1n) is 5.02. The maximum absolute atomic E-state index is 11.1. The summed E-state index contributed by atoms with van der Waals surface area (Å²) >= 11 is 1.65. The average molecular weight is 236 g/mol. The molecule has 0 aliphatic rings. The molecule has 16 heavy (non-hydrogen) atoms. The van der Waals surface area contributed by atoms with Crippen molar-refractivity contribution in [3.8, 4) is 0 Å². The van der Waals surface area contributed by atoms with Crippen LogP contribution in [0, 0.1) is 0 Å². The van der Waals surface area contributed by atoms with E-state index in [0.717, 1.165) is 0 Å². The Hall–Kier alpha value is -1.49. The highest BCUT2D eigenvalue weighted by atomic mass is 32.1. The summed E-state index contributed by atoms with van der Waals surface area (Å²) < 4.78 is 5.06.